The van der Waals surface area contributed by atoms with Crippen LogP contribution in [0.15, 0.2) is 42.6 Å². The summed E-state index contributed by atoms with van der Waals surface area (Å²) < 4.78 is 4.60. The fourth-order valence-corrected chi connectivity index (χ4v) is 3.16. The van der Waals surface area contributed by atoms with E-state index in [1.165, 1.54) is 19.6 Å². The van der Waals surface area contributed by atoms with E-state index in [1.54, 1.807) is 6.20 Å². The average molecular weight is 325 g/mol. The van der Waals surface area contributed by atoms with Crippen LogP contribution in [0.3, 0.4) is 0 Å². The lowest BCUT2D eigenvalue weighted by molar-refractivity contribution is -0.134. The van der Waals surface area contributed by atoms with Crippen molar-refractivity contribution in [1.82, 2.24) is 14.9 Å². The van der Waals surface area contributed by atoms with E-state index in [-0.39, 0.29) is 5.97 Å². The molecule has 0 radical (unpaired) electrons. The fourth-order valence-electron chi connectivity index (χ4n) is 3.16. The van der Waals surface area contributed by atoms with E-state index >= 15 is 0 Å². The maximum Gasteiger partial charge on any atom is 0.330 e. The largest absolute Gasteiger partial charge is 0.466 e. The first-order valence-electron chi connectivity index (χ1n) is 8.42. The second kappa shape index (κ2) is 8.02. The van der Waals surface area contributed by atoms with E-state index in [9.17, 15) is 4.79 Å². The Morgan fingerprint density at radius 2 is 2.33 bits per heavy atom. The molecule has 0 aliphatic carbocycles. The standard InChI is InChI=1S/C19H23N3O2/c1-24-18(23)5-3-12-22-13-10-15(14-22)6-8-17-9-7-16-4-2-11-20-19(16)21-17/h2-5,7,9,11,15H,6,8,10,12-14H2,1H3/b5-3+. The van der Waals surface area contributed by atoms with Gasteiger partial charge in [0, 0.05) is 36.4 Å². The summed E-state index contributed by atoms with van der Waals surface area (Å²) >= 11 is 0. The van der Waals surface area contributed by atoms with Gasteiger partial charge < -0.3 is 4.74 Å². The summed E-state index contributed by atoms with van der Waals surface area (Å²) in [6, 6.07) is 8.18. The lowest BCUT2D eigenvalue weighted by Crippen LogP contribution is -2.21. The van der Waals surface area contributed by atoms with Crippen molar-refractivity contribution >= 4 is 17.0 Å². The molecule has 0 spiro atoms. The summed E-state index contributed by atoms with van der Waals surface area (Å²) in [6.45, 7) is 2.98. The lowest BCUT2D eigenvalue weighted by atomic mass is 10.0. The van der Waals surface area contributed by atoms with Gasteiger partial charge in [-0.15, -0.1) is 0 Å². The number of aromatic nitrogens is 2. The molecular formula is C19H23N3O2. The van der Waals surface area contributed by atoms with Crippen LogP contribution < -0.4 is 0 Å². The third kappa shape index (κ3) is 4.38. The molecule has 2 aromatic heterocycles. The molecule has 2 aromatic rings. The van der Waals surface area contributed by atoms with Crippen LogP contribution in [0.4, 0.5) is 0 Å². The van der Waals surface area contributed by atoms with E-state index < -0.39 is 0 Å². The summed E-state index contributed by atoms with van der Waals surface area (Å²) in [5.41, 5.74) is 1.95. The molecule has 0 bridgehead atoms. The van der Waals surface area contributed by atoms with Gasteiger partial charge in [0.2, 0.25) is 0 Å². The van der Waals surface area contributed by atoms with Gasteiger partial charge in [0.15, 0.2) is 5.65 Å². The zero-order valence-corrected chi connectivity index (χ0v) is 14.0. The normalized spacial score (nSPS) is 18.5. The van der Waals surface area contributed by atoms with Gasteiger partial charge >= 0.3 is 5.97 Å². The molecule has 0 N–H and O–H groups in total. The number of ether oxygens (including phenoxy) is 1. The van der Waals surface area contributed by atoms with Crippen LogP contribution in [-0.4, -0.2) is 47.6 Å². The van der Waals surface area contributed by atoms with Crippen molar-refractivity contribution in [2.24, 2.45) is 5.92 Å². The minimum Gasteiger partial charge on any atom is -0.466 e. The van der Waals surface area contributed by atoms with Crippen molar-refractivity contribution in [3.8, 4) is 0 Å². The number of nitrogens with zero attached hydrogens (tertiary/aromatic N) is 3. The number of methoxy groups -OCH3 is 1. The molecule has 0 saturated carbocycles. The molecule has 126 valence electrons. The number of rotatable bonds is 6. The Morgan fingerprint density at radius 1 is 1.42 bits per heavy atom. The van der Waals surface area contributed by atoms with E-state index in [0.717, 1.165) is 49.2 Å². The Kier molecular flexibility index (Phi) is 5.54. The van der Waals surface area contributed by atoms with E-state index in [4.69, 9.17) is 0 Å². The van der Waals surface area contributed by atoms with Gasteiger partial charge in [0.05, 0.1) is 7.11 Å². The number of aryl methyl sites for hydroxylation is 1. The van der Waals surface area contributed by atoms with Crippen LogP contribution in [0, 0.1) is 5.92 Å². The predicted octanol–water partition coefficient (Wildman–Crippen LogP) is 2.61. The van der Waals surface area contributed by atoms with Crippen molar-refractivity contribution in [2.45, 2.75) is 19.3 Å². The zero-order chi connectivity index (χ0) is 16.8. The Bertz CT molecular complexity index is 729. The van der Waals surface area contributed by atoms with Gasteiger partial charge in [0.25, 0.3) is 0 Å². The first-order valence-corrected chi connectivity index (χ1v) is 8.42. The molecular weight excluding hydrogens is 302 g/mol. The highest BCUT2D eigenvalue weighted by atomic mass is 16.5. The molecule has 3 heterocycles. The molecule has 5 heteroatoms. The third-order valence-corrected chi connectivity index (χ3v) is 4.52. The Hall–Kier alpha value is -2.27. The average Bonchev–Trinajstić information content (AvgIpc) is 3.07. The highest BCUT2D eigenvalue weighted by Crippen LogP contribution is 2.21. The van der Waals surface area contributed by atoms with Crippen molar-refractivity contribution < 1.29 is 9.53 Å². The quantitative estimate of drug-likeness (QED) is 0.603. The van der Waals surface area contributed by atoms with Gasteiger partial charge in [-0.05, 0) is 56.0 Å². The van der Waals surface area contributed by atoms with Gasteiger partial charge in [0.1, 0.15) is 0 Å². The van der Waals surface area contributed by atoms with Crippen molar-refractivity contribution in [1.29, 1.82) is 0 Å². The fraction of sp³-hybridized carbons (Fsp3) is 0.421. The monoisotopic (exact) mass is 325 g/mol. The van der Waals surface area contributed by atoms with Crippen LogP contribution in [0.25, 0.3) is 11.0 Å². The van der Waals surface area contributed by atoms with Crippen LogP contribution in [0.1, 0.15) is 18.5 Å². The number of fused-ring (bicyclic) bond motifs is 1. The Balaban J connectivity index is 1.47. The lowest BCUT2D eigenvalue weighted by Gasteiger charge is -2.13. The number of pyridine rings is 2. The highest BCUT2D eigenvalue weighted by Gasteiger charge is 2.21. The van der Waals surface area contributed by atoms with E-state index in [0.29, 0.717) is 5.92 Å². The summed E-state index contributed by atoms with van der Waals surface area (Å²) in [5, 5.41) is 1.09. The summed E-state index contributed by atoms with van der Waals surface area (Å²) in [5.74, 6) is 0.402. The molecule has 0 aromatic carbocycles. The molecule has 1 aliphatic rings. The Morgan fingerprint density at radius 3 is 3.21 bits per heavy atom. The molecule has 1 atom stereocenters. The van der Waals surface area contributed by atoms with E-state index in [1.807, 2.05) is 18.2 Å². The minimum absolute atomic E-state index is 0.290. The SMILES string of the molecule is COC(=O)/C=C/CN1CCC(CCc2ccc3cccnc3n2)C1. The number of carbonyl (C=O) groups excluding carboxylic acids is 1. The first-order chi connectivity index (χ1) is 11.7. The maximum absolute atomic E-state index is 11.1. The van der Waals surface area contributed by atoms with Crippen molar-refractivity contribution in [2.75, 3.05) is 26.7 Å². The number of hydrogen-bond donors (Lipinski definition) is 0. The summed E-state index contributed by atoms with van der Waals surface area (Å²) in [4.78, 5) is 22.4. The number of esters is 1. The van der Waals surface area contributed by atoms with Crippen molar-refractivity contribution in [3.05, 3.63) is 48.3 Å². The van der Waals surface area contributed by atoms with Crippen LogP contribution >= 0.6 is 0 Å². The third-order valence-electron chi connectivity index (χ3n) is 4.52. The molecule has 1 fully saturated rings. The second-order valence-electron chi connectivity index (χ2n) is 6.23. The number of carbonyl (C=O) groups is 1. The molecule has 1 unspecified atom stereocenters. The molecule has 1 aliphatic heterocycles. The highest BCUT2D eigenvalue weighted by molar-refractivity contribution is 5.81. The maximum atomic E-state index is 11.1. The minimum atomic E-state index is -0.290. The van der Waals surface area contributed by atoms with Gasteiger partial charge in [-0.2, -0.15) is 0 Å². The van der Waals surface area contributed by atoms with Crippen LogP contribution in [0.5, 0.6) is 0 Å². The predicted molar refractivity (Wildman–Crippen MR) is 93.6 cm³/mol. The number of hydrogen-bond acceptors (Lipinski definition) is 5. The first kappa shape index (κ1) is 16.6. The molecule has 24 heavy (non-hydrogen) atoms. The van der Waals surface area contributed by atoms with E-state index in [2.05, 4.69) is 31.7 Å². The van der Waals surface area contributed by atoms with Crippen LogP contribution in [0.2, 0.25) is 0 Å². The smallest absolute Gasteiger partial charge is 0.330 e. The second-order valence-corrected chi connectivity index (χ2v) is 6.23. The molecule has 0 amide bonds. The van der Waals surface area contributed by atoms with Gasteiger partial charge in [-0.1, -0.05) is 6.08 Å². The van der Waals surface area contributed by atoms with Gasteiger partial charge in [-0.3, -0.25) is 4.90 Å². The molecule has 5 nitrogen and oxygen atoms in total. The molecule has 1 saturated heterocycles. The Labute approximate surface area is 142 Å². The van der Waals surface area contributed by atoms with Gasteiger partial charge in [-0.25, -0.2) is 14.8 Å². The summed E-state index contributed by atoms with van der Waals surface area (Å²) in [6.07, 6.45) is 8.50. The summed E-state index contributed by atoms with van der Waals surface area (Å²) in [7, 11) is 1.40. The molecule has 3 rings (SSSR count). The topological polar surface area (TPSA) is 55.3 Å². The van der Waals surface area contributed by atoms with Crippen LogP contribution in [-0.2, 0) is 16.0 Å². The zero-order valence-electron chi connectivity index (χ0n) is 14.0. The van der Waals surface area contributed by atoms with Crippen molar-refractivity contribution in [3.63, 3.8) is 0 Å². The number of likely N-dealkylation sites (tertiary alicyclic amines) is 1.